The maximum absolute atomic E-state index is 10.6. The first-order valence-electron chi connectivity index (χ1n) is 7.89. The van der Waals surface area contributed by atoms with Crippen molar-refractivity contribution in [3.8, 4) is 0 Å². The molecule has 1 N–H and O–H groups in total. The van der Waals surface area contributed by atoms with Crippen molar-refractivity contribution in [2.45, 2.75) is 58.2 Å². The second-order valence-corrected chi connectivity index (χ2v) is 5.36. The largest absolute Gasteiger partial charge is 0.481 e. The molecule has 5 heteroatoms. The predicted molar refractivity (Wildman–Crippen MR) is 77.8 cm³/mol. The Morgan fingerprint density at radius 2 is 2.10 bits per heavy atom. The lowest BCUT2D eigenvalue weighted by Gasteiger charge is -2.26. The molecular formula is C15H29NO4. The molecule has 0 spiro atoms. The molecule has 5 nitrogen and oxygen atoms in total. The molecule has 20 heavy (non-hydrogen) atoms. The van der Waals surface area contributed by atoms with Crippen molar-refractivity contribution in [2.24, 2.45) is 0 Å². The van der Waals surface area contributed by atoms with Crippen molar-refractivity contribution in [1.29, 1.82) is 0 Å². The number of carbonyl (C=O) groups is 1. The molecule has 0 amide bonds. The molecule has 0 aromatic rings. The minimum Gasteiger partial charge on any atom is -0.481 e. The fraction of sp³-hybridized carbons (Fsp3) is 0.933. The molecule has 118 valence electrons. The third-order valence-electron chi connectivity index (χ3n) is 3.54. The second kappa shape index (κ2) is 11.1. The standard InChI is InChI=1S/C15H29NO4/c1-2-3-9-16(10-6-7-14(17)18)11-13-20-15-8-4-5-12-19-15/h15H,2-13H2,1H3,(H,17,18). The van der Waals surface area contributed by atoms with Gasteiger partial charge in [-0.1, -0.05) is 13.3 Å². The Morgan fingerprint density at radius 1 is 1.30 bits per heavy atom. The molecule has 0 saturated carbocycles. The van der Waals surface area contributed by atoms with Crippen LogP contribution in [0.3, 0.4) is 0 Å². The van der Waals surface area contributed by atoms with E-state index in [1.807, 2.05) is 0 Å². The van der Waals surface area contributed by atoms with Crippen LogP contribution in [0.15, 0.2) is 0 Å². The highest BCUT2D eigenvalue weighted by Gasteiger charge is 2.14. The number of carboxylic acids is 1. The van der Waals surface area contributed by atoms with Gasteiger partial charge < -0.3 is 19.5 Å². The number of rotatable bonds is 11. The van der Waals surface area contributed by atoms with Crippen LogP contribution in [-0.4, -0.2) is 55.1 Å². The summed E-state index contributed by atoms with van der Waals surface area (Å²) in [5.41, 5.74) is 0. The van der Waals surface area contributed by atoms with Gasteiger partial charge in [0.15, 0.2) is 6.29 Å². The van der Waals surface area contributed by atoms with E-state index in [2.05, 4.69) is 11.8 Å². The Bertz CT molecular complexity index is 254. The molecule has 0 bridgehead atoms. The van der Waals surface area contributed by atoms with Crippen molar-refractivity contribution in [1.82, 2.24) is 4.90 Å². The van der Waals surface area contributed by atoms with E-state index in [1.54, 1.807) is 0 Å². The minimum atomic E-state index is -0.715. The summed E-state index contributed by atoms with van der Waals surface area (Å²) >= 11 is 0. The molecule has 1 heterocycles. The molecule has 1 fully saturated rings. The lowest BCUT2D eigenvalue weighted by molar-refractivity contribution is -0.164. The highest BCUT2D eigenvalue weighted by Crippen LogP contribution is 2.13. The number of hydrogen-bond acceptors (Lipinski definition) is 4. The van der Waals surface area contributed by atoms with Gasteiger partial charge in [-0.05, 0) is 45.2 Å². The zero-order chi connectivity index (χ0) is 14.6. The Balaban J connectivity index is 2.15. The molecule has 1 saturated heterocycles. The zero-order valence-electron chi connectivity index (χ0n) is 12.7. The van der Waals surface area contributed by atoms with Gasteiger partial charge in [-0.25, -0.2) is 0 Å². The van der Waals surface area contributed by atoms with E-state index >= 15 is 0 Å². The lowest BCUT2D eigenvalue weighted by Crippen LogP contribution is -2.32. The summed E-state index contributed by atoms with van der Waals surface area (Å²) in [5, 5.41) is 8.69. The van der Waals surface area contributed by atoms with Crippen molar-refractivity contribution < 1.29 is 19.4 Å². The van der Waals surface area contributed by atoms with Crippen LogP contribution in [0.25, 0.3) is 0 Å². The van der Waals surface area contributed by atoms with Gasteiger partial charge in [-0.2, -0.15) is 0 Å². The van der Waals surface area contributed by atoms with E-state index in [0.717, 1.165) is 51.9 Å². The average Bonchev–Trinajstić information content (AvgIpc) is 2.45. The van der Waals surface area contributed by atoms with E-state index in [0.29, 0.717) is 13.0 Å². The summed E-state index contributed by atoms with van der Waals surface area (Å²) in [4.78, 5) is 12.9. The molecule has 1 unspecified atom stereocenters. The topological polar surface area (TPSA) is 59.0 Å². The summed E-state index contributed by atoms with van der Waals surface area (Å²) in [6.07, 6.45) is 6.54. The summed E-state index contributed by atoms with van der Waals surface area (Å²) in [6, 6.07) is 0. The van der Waals surface area contributed by atoms with Crippen molar-refractivity contribution in [2.75, 3.05) is 32.8 Å². The summed E-state index contributed by atoms with van der Waals surface area (Å²) in [6.45, 7) is 6.36. The van der Waals surface area contributed by atoms with Gasteiger partial charge in [0.1, 0.15) is 0 Å². The van der Waals surface area contributed by atoms with Crippen molar-refractivity contribution in [3.05, 3.63) is 0 Å². The Labute approximate surface area is 122 Å². The zero-order valence-corrected chi connectivity index (χ0v) is 12.7. The second-order valence-electron chi connectivity index (χ2n) is 5.36. The molecular weight excluding hydrogens is 258 g/mol. The monoisotopic (exact) mass is 287 g/mol. The number of carboxylic acid groups (broad SMARTS) is 1. The summed E-state index contributed by atoms with van der Waals surface area (Å²) in [5.74, 6) is -0.715. The Kier molecular flexibility index (Phi) is 9.62. The third-order valence-corrected chi connectivity index (χ3v) is 3.54. The fourth-order valence-electron chi connectivity index (χ4n) is 2.33. The first-order valence-corrected chi connectivity index (χ1v) is 7.89. The van der Waals surface area contributed by atoms with Crippen LogP contribution in [-0.2, 0) is 14.3 Å². The molecule has 1 aliphatic heterocycles. The lowest BCUT2D eigenvalue weighted by atomic mass is 10.2. The minimum absolute atomic E-state index is 0.0317. The molecule has 0 aromatic heterocycles. The van der Waals surface area contributed by atoms with Crippen LogP contribution in [0.5, 0.6) is 0 Å². The van der Waals surface area contributed by atoms with Gasteiger partial charge in [0.25, 0.3) is 0 Å². The number of nitrogens with zero attached hydrogens (tertiary/aromatic N) is 1. The summed E-state index contributed by atoms with van der Waals surface area (Å²) in [7, 11) is 0. The van der Waals surface area contributed by atoms with Crippen LogP contribution in [0, 0.1) is 0 Å². The first-order chi connectivity index (χ1) is 9.72. The number of ether oxygens (including phenoxy) is 2. The summed E-state index contributed by atoms with van der Waals surface area (Å²) < 4.78 is 11.3. The van der Waals surface area contributed by atoms with E-state index < -0.39 is 5.97 Å². The normalized spacial score (nSPS) is 19.4. The van der Waals surface area contributed by atoms with Crippen LogP contribution >= 0.6 is 0 Å². The van der Waals surface area contributed by atoms with Crippen LogP contribution < -0.4 is 0 Å². The van der Waals surface area contributed by atoms with Gasteiger partial charge in [0.05, 0.1) is 6.61 Å². The van der Waals surface area contributed by atoms with Crippen molar-refractivity contribution >= 4 is 5.97 Å². The van der Waals surface area contributed by atoms with E-state index in [1.165, 1.54) is 6.42 Å². The number of hydrogen-bond donors (Lipinski definition) is 1. The average molecular weight is 287 g/mol. The number of unbranched alkanes of at least 4 members (excludes halogenated alkanes) is 1. The SMILES string of the molecule is CCCCN(CCCC(=O)O)CCOC1CCCCO1. The fourth-order valence-corrected chi connectivity index (χ4v) is 2.33. The molecule has 0 radical (unpaired) electrons. The highest BCUT2D eigenvalue weighted by molar-refractivity contribution is 5.66. The smallest absolute Gasteiger partial charge is 0.303 e. The molecule has 1 atom stereocenters. The predicted octanol–water partition coefficient (Wildman–Crippen LogP) is 2.50. The maximum Gasteiger partial charge on any atom is 0.303 e. The van der Waals surface area contributed by atoms with Crippen LogP contribution in [0.2, 0.25) is 0 Å². The maximum atomic E-state index is 10.6. The number of aliphatic carboxylic acids is 1. The Hall–Kier alpha value is -0.650. The van der Waals surface area contributed by atoms with Gasteiger partial charge in [-0.3, -0.25) is 4.79 Å². The molecule has 1 rings (SSSR count). The third kappa shape index (κ3) is 8.51. The van der Waals surface area contributed by atoms with Crippen molar-refractivity contribution in [3.63, 3.8) is 0 Å². The molecule has 0 aromatic carbocycles. The van der Waals surface area contributed by atoms with Gasteiger partial charge in [0, 0.05) is 19.6 Å². The molecule has 0 aliphatic carbocycles. The van der Waals surface area contributed by atoms with Gasteiger partial charge >= 0.3 is 5.97 Å². The van der Waals surface area contributed by atoms with E-state index in [9.17, 15) is 4.79 Å². The first kappa shape index (κ1) is 17.4. The highest BCUT2D eigenvalue weighted by atomic mass is 16.7. The molecule has 1 aliphatic rings. The quantitative estimate of drug-likeness (QED) is 0.632. The van der Waals surface area contributed by atoms with E-state index in [-0.39, 0.29) is 12.7 Å². The van der Waals surface area contributed by atoms with Crippen LogP contribution in [0.1, 0.15) is 51.9 Å². The van der Waals surface area contributed by atoms with Gasteiger partial charge in [-0.15, -0.1) is 0 Å². The van der Waals surface area contributed by atoms with Gasteiger partial charge in [0.2, 0.25) is 0 Å². The Morgan fingerprint density at radius 3 is 2.75 bits per heavy atom. The van der Waals surface area contributed by atoms with Crippen LogP contribution in [0.4, 0.5) is 0 Å². The van der Waals surface area contributed by atoms with E-state index in [4.69, 9.17) is 14.6 Å².